The maximum atomic E-state index is 12.4. The number of carboxylic acids is 3. The van der Waals surface area contributed by atoms with Crippen LogP contribution in [0.25, 0.3) is 0 Å². The normalized spacial score (nSPS) is 15.6. The summed E-state index contributed by atoms with van der Waals surface area (Å²) in [7, 11) is 0. The van der Waals surface area contributed by atoms with Crippen LogP contribution in [0.4, 0.5) is 0 Å². The zero-order chi connectivity index (χ0) is 23.6. The molecule has 0 aliphatic heterocycles. The summed E-state index contributed by atoms with van der Waals surface area (Å²) >= 11 is 0. The third kappa shape index (κ3) is 9.79. The van der Waals surface area contributed by atoms with E-state index in [0.717, 1.165) is 13.8 Å². The fraction of sp³-hybridized carbons (Fsp3) is 0.625. The molecule has 5 atom stereocenters. The molecule has 0 fully saturated rings. The number of rotatable bonds is 13. The Morgan fingerprint density at radius 3 is 1.83 bits per heavy atom. The molecule has 3 amide bonds. The van der Waals surface area contributed by atoms with Crippen LogP contribution in [-0.4, -0.2) is 86.3 Å². The largest absolute Gasteiger partial charge is 0.481 e. The summed E-state index contributed by atoms with van der Waals surface area (Å²) in [5, 5.41) is 42.3. The molecule has 0 aromatic heterocycles. The number of aliphatic hydroxyl groups is 1. The van der Waals surface area contributed by atoms with E-state index < -0.39 is 78.7 Å². The lowest BCUT2D eigenvalue weighted by atomic mass is 10.1. The number of carboxylic acid groups (broad SMARTS) is 3. The van der Waals surface area contributed by atoms with Crippen molar-refractivity contribution in [3.8, 4) is 0 Å². The molecule has 0 rings (SSSR count). The van der Waals surface area contributed by atoms with Gasteiger partial charge in [0, 0.05) is 6.42 Å². The van der Waals surface area contributed by atoms with Crippen LogP contribution in [0.2, 0.25) is 0 Å². The molecule has 0 saturated carbocycles. The number of carbonyl (C=O) groups is 6. The first-order valence-electron chi connectivity index (χ1n) is 8.77. The smallest absolute Gasteiger partial charge is 0.325 e. The van der Waals surface area contributed by atoms with Crippen molar-refractivity contribution >= 4 is 35.6 Å². The summed E-state index contributed by atoms with van der Waals surface area (Å²) in [5.74, 6) is -7.25. The molecule has 0 saturated heterocycles. The van der Waals surface area contributed by atoms with Gasteiger partial charge in [-0.3, -0.25) is 28.8 Å². The quantitative estimate of drug-likeness (QED) is 0.142. The molecule has 0 aliphatic carbocycles. The number of hydrogen-bond donors (Lipinski definition) is 8. The van der Waals surface area contributed by atoms with E-state index in [2.05, 4.69) is 5.32 Å². The first kappa shape index (κ1) is 26.7. The van der Waals surface area contributed by atoms with Gasteiger partial charge in [-0.2, -0.15) is 0 Å². The van der Waals surface area contributed by atoms with Gasteiger partial charge in [-0.05, 0) is 20.3 Å². The second kappa shape index (κ2) is 12.3. The van der Waals surface area contributed by atoms with Gasteiger partial charge in [0.25, 0.3) is 0 Å². The van der Waals surface area contributed by atoms with Crippen LogP contribution >= 0.6 is 0 Å². The lowest BCUT2D eigenvalue weighted by Crippen LogP contribution is -2.59. The predicted molar refractivity (Wildman–Crippen MR) is 97.9 cm³/mol. The first-order valence-corrected chi connectivity index (χ1v) is 8.77. The van der Waals surface area contributed by atoms with Crippen LogP contribution in [0.1, 0.15) is 33.1 Å². The molecule has 5 unspecified atom stereocenters. The Bertz CT molecular complexity index is 681. The summed E-state index contributed by atoms with van der Waals surface area (Å²) < 4.78 is 0. The van der Waals surface area contributed by atoms with Crippen LogP contribution in [0.3, 0.4) is 0 Å². The SMILES string of the molecule is CC(NC(=O)C(CC(=O)O)NC(=O)C(NC(=O)C(N)CCC(=O)O)C(C)O)C(=O)O. The minimum atomic E-state index is -1.70. The second-order valence-electron chi connectivity index (χ2n) is 6.49. The third-order valence-electron chi connectivity index (χ3n) is 3.81. The van der Waals surface area contributed by atoms with E-state index in [1.165, 1.54) is 0 Å². The molecule has 9 N–H and O–H groups in total. The highest BCUT2D eigenvalue weighted by Gasteiger charge is 2.32. The van der Waals surface area contributed by atoms with Crippen molar-refractivity contribution in [1.29, 1.82) is 0 Å². The molecular formula is C16H26N4O10. The topological polar surface area (TPSA) is 245 Å². The van der Waals surface area contributed by atoms with Gasteiger partial charge in [-0.15, -0.1) is 0 Å². The van der Waals surface area contributed by atoms with Crippen LogP contribution in [0.15, 0.2) is 0 Å². The number of hydrogen-bond acceptors (Lipinski definition) is 8. The fourth-order valence-electron chi connectivity index (χ4n) is 2.10. The summed E-state index contributed by atoms with van der Waals surface area (Å²) in [6, 6.07) is -6.01. The van der Waals surface area contributed by atoms with E-state index in [0.29, 0.717) is 0 Å². The average molecular weight is 434 g/mol. The van der Waals surface area contributed by atoms with Crippen molar-refractivity contribution in [3.05, 3.63) is 0 Å². The number of aliphatic carboxylic acids is 3. The molecule has 0 aromatic rings. The Labute approximate surface area is 170 Å². The highest BCUT2D eigenvalue weighted by Crippen LogP contribution is 2.02. The van der Waals surface area contributed by atoms with E-state index >= 15 is 0 Å². The van der Waals surface area contributed by atoms with Crippen LogP contribution in [0.5, 0.6) is 0 Å². The van der Waals surface area contributed by atoms with Crippen LogP contribution in [-0.2, 0) is 28.8 Å². The monoisotopic (exact) mass is 434 g/mol. The molecule has 0 aliphatic rings. The molecule has 0 bridgehead atoms. The van der Waals surface area contributed by atoms with E-state index in [-0.39, 0.29) is 6.42 Å². The minimum Gasteiger partial charge on any atom is -0.481 e. The standard InChI is InChI=1S/C16H26N4O10/c1-6(16(29)30)18-14(27)9(5-11(24)25)19-15(28)12(7(2)21)20-13(26)8(17)3-4-10(22)23/h6-9,12,21H,3-5,17H2,1-2H3,(H,18,27)(H,19,28)(H,20,26)(H,22,23)(H,24,25)(H,29,30). The van der Waals surface area contributed by atoms with Crippen LogP contribution < -0.4 is 21.7 Å². The molecule has 0 radical (unpaired) electrons. The van der Waals surface area contributed by atoms with Gasteiger partial charge in [-0.25, -0.2) is 0 Å². The Kier molecular flexibility index (Phi) is 11.0. The zero-order valence-corrected chi connectivity index (χ0v) is 16.3. The highest BCUT2D eigenvalue weighted by atomic mass is 16.4. The highest BCUT2D eigenvalue weighted by molar-refractivity contribution is 5.95. The van der Waals surface area contributed by atoms with Crippen molar-refractivity contribution < 1.29 is 49.2 Å². The van der Waals surface area contributed by atoms with Crippen molar-refractivity contribution in [2.24, 2.45) is 5.73 Å². The summed E-state index contributed by atoms with van der Waals surface area (Å²) in [4.78, 5) is 68.9. The predicted octanol–water partition coefficient (Wildman–Crippen LogP) is -3.41. The Hall–Kier alpha value is -3.26. The summed E-state index contributed by atoms with van der Waals surface area (Å²) in [6.45, 7) is 2.25. The lowest BCUT2D eigenvalue weighted by molar-refractivity contribution is -0.143. The molecule has 0 aromatic carbocycles. The van der Waals surface area contributed by atoms with E-state index in [1.807, 2.05) is 10.6 Å². The summed E-state index contributed by atoms with van der Waals surface area (Å²) in [6.07, 6.45) is -3.05. The lowest BCUT2D eigenvalue weighted by Gasteiger charge is -2.25. The van der Waals surface area contributed by atoms with E-state index in [1.54, 1.807) is 0 Å². The van der Waals surface area contributed by atoms with Gasteiger partial charge in [0.1, 0.15) is 18.1 Å². The number of amides is 3. The fourth-order valence-corrected chi connectivity index (χ4v) is 2.10. The van der Waals surface area contributed by atoms with Gasteiger partial charge in [0.05, 0.1) is 18.6 Å². The maximum absolute atomic E-state index is 12.4. The number of nitrogens with two attached hydrogens (primary N) is 1. The summed E-state index contributed by atoms with van der Waals surface area (Å²) in [5.41, 5.74) is 5.53. The molecule has 170 valence electrons. The zero-order valence-electron chi connectivity index (χ0n) is 16.3. The van der Waals surface area contributed by atoms with Crippen LogP contribution in [0, 0.1) is 0 Å². The molecule has 14 heteroatoms. The van der Waals surface area contributed by atoms with Crippen molar-refractivity contribution in [2.45, 2.75) is 63.4 Å². The third-order valence-corrected chi connectivity index (χ3v) is 3.81. The Morgan fingerprint density at radius 2 is 1.40 bits per heavy atom. The van der Waals surface area contributed by atoms with Gasteiger partial charge in [0.2, 0.25) is 17.7 Å². The first-order chi connectivity index (χ1) is 13.8. The minimum absolute atomic E-state index is 0.244. The average Bonchev–Trinajstić information content (AvgIpc) is 2.62. The van der Waals surface area contributed by atoms with Gasteiger partial charge < -0.3 is 42.1 Å². The van der Waals surface area contributed by atoms with Gasteiger partial charge in [0.15, 0.2) is 0 Å². The maximum Gasteiger partial charge on any atom is 0.325 e. The van der Waals surface area contributed by atoms with Crippen molar-refractivity contribution in [2.75, 3.05) is 0 Å². The van der Waals surface area contributed by atoms with Gasteiger partial charge >= 0.3 is 17.9 Å². The number of aliphatic hydroxyl groups excluding tert-OH is 1. The van der Waals surface area contributed by atoms with E-state index in [9.17, 15) is 33.9 Å². The molecule has 0 spiro atoms. The van der Waals surface area contributed by atoms with Crippen molar-refractivity contribution in [3.63, 3.8) is 0 Å². The molecular weight excluding hydrogens is 408 g/mol. The molecule has 14 nitrogen and oxygen atoms in total. The number of carbonyl (C=O) groups excluding carboxylic acids is 3. The van der Waals surface area contributed by atoms with E-state index in [4.69, 9.17) is 21.1 Å². The number of nitrogens with one attached hydrogen (secondary N) is 3. The Balaban J connectivity index is 5.26. The second-order valence-corrected chi connectivity index (χ2v) is 6.49. The van der Waals surface area contributed by atoms with Crippen molar-refractivity contribution in [1.82, 2.24) is 16.0 Å². The Morgan fingerprint density at radius 1 is 0.833 bits per heavy atom. The molecule has 30 heavy (non-hydrogen) atoms. The van der Waals surface area contributed by atoms with Gasteiger partial charge in [-0.1, -0.05) is 0 Å². The molecule has 0 heterocycles.